The Morgan fingerprint density at radius 1 is 1.23 bits per heavy atom. The average molecular weight is 406 g/mol. The second kappa shape index (κ2) is 7.06. The van der Waals surface area contributed by atoms with Crippen molar-refractivity contribution in [3.05, 3.63) is 36.3 Å². The number of amides is 2. The van der Waals surface area contributed by atoms with Gasteiger partial charge in [-0.15, -0.1) is 0 Å². The largest absolute Gasteiger partial charge is 0.344 e. The molecular weight excluding hydrogens is 384 g/mol. The number of carbonyl (C=O) groups excluding carboxylic acids is 2. The maximum Gasteiger partial charge on any atom is 0.269 e. The Kier molecular flexibility index (Phi) is 4.35. The van der Waals surface area contributed by atoms with E-state index >= 15 is 0 Å². The summed E-state index contributed by atoms with van der Waals surface area (Å²) in [4.78, 5) is 44.1. The molecule has 3 N–H and O–H groups in total. The molecule has 3 aromatic heterocycles. The highest BCUT2D eigenvalue weighted by molar-refractivity contribution is 5.98. The molecule has 3 aromatic rings. The van der Waals surface area contributed by atoms with Crippen LogP contribution >= 0.6 is 0 Å². The number of hydrogen-bond donors (Lipinski definition) is 3. The molecule has 0 saturated carbocycles. The summed E-state index contributed by atoms with van der Waals surface area (Å²) in [5.74, 6) is 1.43. The summed E-state index contributed by atoms with van der Waals surface area (Å²) in [6.07, 6.45) is 3.34. The lowest BCUT2D eigenvalue weighted by molar-refractivity contribution is -0.120. The standard InChI is InChI=1S/C20H22N8O2/c1-27(2)19(30)15-5-11-7-23-20(26-17(11)24-15)25-16-4-3-13(8-22-16)28-10-12-6-21-9-14(12)18(28)29/h3-5,7-8,12,14,21H,6,9-10H2,1-2H3,(H2,22,23,24,25,26)/t12-,14-/m1/s1. The molecule has 0 aliphatic carbocycles. The first-order valence-electron chi connectivity index (χ1n) is 9.82. The van der Waals surface area contributed by atoms with Gasteiger partial charge in [-0.3, -0.25) is 9.59 Å². The van der Waals surface area contributed by atoms with Gasteiger partial charge in [-0.05, 0) is 18.2 Å². The fourth-order valence-corrected chi connectivity index (χ4v) is 4.04. The van der Waals surface area contributed by atoms with Crippen molar-refractivity contribution in [1.82, 2.24) is 30.2 Å². The van der Waals surface area contributed by atoms with Crippen molar-refractivity contribution in [2.45, 2.75) is 0 Å². The Morgan fingerprint density at radius 3 is 2.83 bits per heavy atom. The summed E-state index contributed by atoms with van der Waals surface area (Å²) < 4.78 is 0. The number of pyridine rings is 1. The van der Waals surface area contributed by atoms with Crippen molar-refractivity contribution < 1.29 is 9.59 Å². The van der Waals surface area contributed by atoms with Gasteiger partial charge >= 0.3 is 0 Å². The number of aromatic nitrogens is 4. The molecule has 0 unspecified atom stereocenters. The summed E-state index contributed by atoms with van der Waals surface area (Å²) >= 11 is 0. The summed E-state index contributed by atoms with van der Waals surface area (Å²) in [6.45, 7) is 2.37. The van der Waals surface area contributed by atoms with Gasteiger partial charge in [0.15, 0.2) is 0 Å². The van der Waals surface area contributed by atoms with Crippen LogP contribution in [-0.2, 0) is 4.79 Å². The molecule has 0 radical (unpaired) electrons. The molecule has 0 spiro atoms. The van der Waals surface area contributed by atoms with Crippen molar-refractivity contribution in [2.75, 3.05) is 43.9 Å². The molecule has 10 nitrogen and oxygen atoms in total. The minimum absolute atomic E-state index is 0.0768. The third-order valence-electron chi connectivity index (χ3n) is 5.65. The van der Waals surface area contributed by atoms with E-state index in [1.54, 1.807) is 38.6 Å². The third-order valence-corrected chi connectivity index (χ3v) is 5.65. The van der Waals surface area contributed by atoms with Crippen LogP contribution in [0.5, 0.6) is 0 Å². The van der Waals surface area contributed by atoms with Gasteiger partial charge in [0, 0.05) is 51.2 Å². The van der Waals surface area contributed by atoms with E-state index in [2.05, 4.69) is 30.6 Å². The first-order chi connectivity index (χ1) is 14.5. The quantitative estimate of drug-likeness (QED) is 0.591. The molecule has 2 aliphatic heterocycles. The molecule has 2 fully saturated rings. The van der Waals surface area contributed by atoms with Crippen LogP contribution in [0.15, 0.2) is 30.6 Å². The minimum Gasteiger partial charge on any atom is -0.344 e. The van der Waals surface area contributed by atoms with E-state index in [9.17, 15) is 9.59 Å². The lowest BCUT2D eigenvalue weighted by Gasteiger charge is -2.17. The lowest BCUT2D eigenvalue weighted by Crippen LogP contribution is -2.30. The lowest BCUT2D eigenvalue weighted by atomic mass is 10.0. The van der Waals surface area contributed by atoms with Crippen molar-refractivity contribution >= 4 is 40.3 Å². The number of carbonyl (C=O) groups is 2. The summed E-state index contributed by atoms with van der Waals surface area (Å²) in [6, 6.07) is 5.41. The van der Waals surface area contributed by atoms with E-state index in [0.29, 0.717) is 29.0 Å². The van der Waals surface area contributed by atoms with Gasteiger partial charge in [0.25, 0.3) is 5.91 Å². The SMILES string of the molecule is CN(C)C(=O)c1cc2cnc(Nc3ccc(N4C[C@H]5CNC[C@H]5C4=O)cn3)nc2[nH]1. The van der Waals surface area contributed by atoms with Gasteiger partial charge in [0.2, 0.25) is 11.9 Å². The predicted octanol–water partition coefficient (Wildman–Crippen LogP) is 0.980. The van der Waals surface area contributed by atoms with Crippen molar-refractivity contribution in [2.24, 2.45) is 11.8 Å². The van der Waals surface area contributed by atoms with Crippen molar-refractivity contribution in [3.63, 3.8) is 0 Å². The van der Waals surface area contributed by atoms with Crippen LogP contribution in [0.25, 0.3) is 11.0 Å². The average Bonchev–Trinajstić information content (AvgIpc) is 3.44. The monoisotopic (exact) mass is 406 g/mol. The number of aromatic amines is 1. The number of nitrogens with one attached hydrogen (secondary N) is 3. The zero-order valence-electron chi connectivity index (χ0n) is 16.7. The number of hydrogen-bond acceptors (Lipinski definition) is 7. The molecule has 2 saturated heterocycles. The number of H-pyrrole nitrogens is 1. The van der Waals surface area contributed by atoms with Crippen molar-refractivity contribution in [1.29, 1.82) is 0 Å². The Morgan fingerprint density at radius 2 is 2.10 bits per heavy atom. The molecular formula is C20H22N8O2. The van der Waals surface area contributed by atoms with Gasteiger partial charge < -0.3 is 25.4 Å². The summed E-state index contributed by atoms with van der Waals surface area (Å²) in [7, 11) is 3.39. The van der Waals surface area contributed by atoms with E-state index < -0.39 is 0 Å². The second-order valence-corrected chi connectivity index (χ2v) is 7.88. The molecule has 5 heterocycles. The van der Waals surface area contributed by atoms with E-state index in [-0.39, 0.29) is 17.7 Å². The normalized spacial score (nSPS) is 20.6. The maximum absolute atomic E-state index is 12.6. The molecule has 30 heavy (non-hydrogen) atoms. The molecule has 2 amide bonds. The molecule has 5 rings (SSSR count). The highest BCUT2D eigenvalue weighted by atomic mass is 16.2. The molecule has 2 atom stereocenters. The fraction of sp³-hybridized carbons (Fsp3) is 0.350. The van der Waals surface area contributed by atoms with Crippen LogP contribution in [0.4, 0.5) is 17.5 Å². The predicted molar refractivity (Wildman–Crippen MR) is 112 cm³/mol. The highest BCUT2D eigenvalue weighted by Gasteiger charge is 2.43. The van der Waals surface area contributed by atoms with Gasteiger partial charge in [-0.2, -0.15) is 4.98 Å². The maximum atomic E-state index is 12.6. The third kappa shape index (κ3) is 3.14. The van der Waals surface area contributed by atoms with Crippen LogP contribution in [-0.4, -0.2) is 70.4 Å². The van der Waals surface area contributed by atoms with Gasteiger partial charge in [0.05, 0.1) is 17.8 Å². The fourth-order valence-electron chi connectivity index (χ4n) is 4.04. The van der Waals surface area contributed by atoms with E-state index in [0.717, 1.165) is 30.7 Å². The molecule has 154 valence electrons. The number of rotatable bonds is 4. The smallest absolute Gasteiger partial charge is 0.269 e. The summed E-state index contributed by atoms with van der Waals surface area (Å²) in [5.41, 5.74) is 1.82. The van der Waals surface area contributed by atoms with Crippen LogP contribution in [0, 0.1) is 11.8 Å². The van der Waals surface area contributed by atoms with Crippen LogP contribution < -0.4 is 15.5 Å². The molecule has 10 heteroatoms. The first-order valence-corrected chi connectivity index (χ1v) is 9.82. The molecule has 0 aromatic carbocycles. The number of anilines is 3. The van der Waals surface area contributed by atoms with Crippen LogP contribution in [0.2, 0.25) is 0 Å². The first kappa shape index (κ1) is 18.5. The topological polar surface area (TPSA) is 119 Å². The van der Waals surface area contributed by atoms with Gasteiger partial charge in [-0.1, -0.05) is 0 Å². The van der Waals surface area contributed by atoms with E-state index in [1.807, 2.05) is 11.0 Å². The van der Waals surface area contributed by atoms with Crippen LogP contribution in [0.1, 0.15) is 10.5 Å². The number of nitrogens with zero attached hydrogens (tertiary/aromatic N) is 5. The zero-order valence-corrected chi connectivity index (χ0v) is 16.7. The van der Waals surface area contributed by atoms with Crippen molar-refractivity contribution in [3.8, 4) is 0 Å². The Hall–Kier alpha value is -3.53. The number of fused-ring (bicyclic) bond motifs is 2. The Labute approximate surface area is 172 Å². The van der Waals surface area contributed by atoms with E-state index in [1.165, 1.54) is 4.90 Å². The van der Waals surface area contributed by atoms with E-state index in [4.69, 9.17) is 0 Å². The zero-order chi connectivity index (χ0) is 20.8. The highest BCUT2D eigenvalue weighted by Crippen LogP contribution is 2.31. The Balaban J connectivity index is 1.31. The van der Waals surface area contributed by atoms with Gasteiger partial charge in [-0.25, -0.2) is 9.97 Å². The Bertz CT molecular complexity index is 1120. The molecule has 2 aliphatic rings. The van der Waals surface area contributed by atoms with Gasteiger partial charge in [0.1, 0.15) is 17.2 Å². The second-order valence-electron chi connectivity index (χ2n) is 7.88. The summed E-state index contributed by atoms with van der Waals surface area (Å²) in [5, 5.41) is 7.09. The van der Waals surface area contributed by atoms with Crippen LogP contribution in [0.3, 0.4) is 0 Å². The molecule has 0 bridgehead atoms. The minimum atomic E-state index is -0.129.